The van der Waals surface area contributed by atoms with Gasteiger partial charge in [0, 0.05) is 11.1 Å². The van der Waals surface area contributed by atoms with Crippen LogP contribution in [0.5, 0.6) is 0 Å². The Hall–Kier alpha value is -1.18. The molecule has 0 aromatic rings. The number of fused-ring (bicyclic) bond motifs is 5. The predicted molar refractivity (Wildman–Crippen MR) is 85.4 cm³/mol. The zero-order chi connectivity index (χ0) is 14.8. The molecule has 4 aliphatic carbocycles. The zero-order valence-electron chi connectivity index (χ0n) is 13.2. The first-order valence-electron chi connectivity index (χ1n) is 8.51. The maximum Gasteiger partial charge on any atom is 0.0944 e. The van der Waals surface area contributed by atoms with Crippen molar-refractivity contribution in [2.24, 2.45) is 40.2 Å². The van der Waals surface area contributed by atoms with Crippen molar-refractivity contribution in [2.75, 3.05) is 0 Å². The third-order valence-corrected chi connectivity index (χ3v) is 7.41. The summed E-state index contributed by atoms with van der Waals surface area (Å²) in [7, 11) is 0. The van der Waals surface area contributed by atoms with E-state index in [0.29, 0.717) is 17.6 Å². The quantitative estimate of drug-likeness (QED) is 0.696. The third kappa shape index (κ3) is 1.65. The molecule has 0 spiro atoms. The molecule has 0 aliphatic heterocycles. The van der Waals surface area contributed by atoms with E-state index in [1.807, 2.05) is 0 Å². The molecule has 0 aromatic heterocycles. The van der Waals surface area contributed by atoms with Crippen LogP contribution in [0, 0.1) is 34.5 Å². The van der Waals surface area contributed by atoms with Crippen molar-refractivity contribution in [1.82, 2.24) is 0 Å². The minimum absolute atomic E-state index is 0.0532. The molecule has 0 radical (unpaired) electrons. The summed E-state index contributed by atoms with van der Waals surface area (Å²) in [6.45, 7) is 4.73. The van der Waals surface area contributed by atoms with Crippen LogP contribution in [-0.4, -0.2) is 5.11 Å². The fourth-order valence-corrected chi connectivity index (χ4v) is 6.04. The van der Waals surface area contributed by atoms with Gasteiger partial charge >= 0.3 is 0 Å². The molecule has 6 atom stereocenters. The molecule has 1 unspecified atom stereocenters. The first-order valence-corrected chi connectivity index (χ1v) is 8.51. The van der Waals surface area contributed by atoms with Crippen molar-refractivity contribution in [3.05, 3.63) is 35.8 Å². The fraction of sp³-hybridized carbons (Fsp3) is 0.684. The highest BCUT2D eigenvalue weighted by atomic mass is 16.3. The van der Waals surface area contributed by atoms with Crippen LogP contribution in [0.4, 0.5) is 0 Å². The van der Waals surface area contributed by atoms with E-state index in [4.69, 9.17) is 5.73 Å². The molecule has 4 aliphatic rings. The number of nitrogens with two attached hydrogens (primary N) is 1. The highest BCUT2D eigenvalue weighted by Crippen LogP contribution is 2.64. The lowest BCUT2D eigenvalue weighted by Gasteiger charge is -2.57. The van der Waals surface area contributed by atoms with Gasteiger partial charge in [0.05, 0.1) is 5.76 Å². The van der Waals surface area contributed by atoms with E-state index >= 15 is 0 Å². The Morgan fingerprint density at radius 3 is 2.81 bits per heavy atom. The zero-order valence-corrected chi connectivity index (χ0v) is 13.2. The molecule has 2 heteroatoms. The second kappa shape index (κ2) is 4.18. The number of hydrogen-bond donors (Lipinski definition) is 2. The van der Waals surface area contributed by atoms with Gasteiger partial charge in [-0.15, -0.1) is 0 Å². The van der Waals surface area contributed by atoms with E-state index in [2.05, 4.69) is 38.2 Å². The van der Waals surface area contributed by atoms with Gasteiger partial charge in [0.1, 0.15) is 0 Å². The lowest BCUT2D eigenvalue weighted by atomic mass is 9.47. The van der Waals surface area contributed by atoms with Gasteiger partial charge < -0.3 is 10.8 Å². The number of allylic oxidation sites excluding steroid dienone is 5. The summed E-state index contributed by atoms with van der Waals surface area (Å²) >= 11 is 0. The van der Waals surface area contributed by atoms with E-state index in [0.717, 1.165) is 30.4 Å². The van der Waals surface area contributed by atoms with Crippen LogP contribution in [-0.2, 0) is 0 Å². The second-order valence-electron chi connectivity index (χ2n) is 8.21. The Bertz CT molecular complexity index is 560. The fourth-order valence-electron chi connectivity index (χ4n) is 6.04. The van der Waals surface area contributed by atoms with E-state index < -0.39 is 0 Å². The van der Waals surface area contributed by atoms with Crippen molar-refractivity contribution in [1.29, 1.82) is 0 Å². The van der Waals surface area contributed by atoms with Crippen LogP contribution in [0.1, 0.15) is 46.0 Å². The van der Waals surface area contributed by atoms with E-state index in [1.165, 1.54) is 19.3 Å². The van der Waals surface area contributed by atoms with Crippen LogP contribution in [0.2, 0.25) is 0 Å². The first-order chi connectivity index (χ1) is 9.95. The van der Waals surface area contributed by atoms with Crippen LogP contribution in [0.3, 0.4) is 0 Å². The minimum atomic E-state index is 0.0532. The van der Waals surface area contributed by atoms with Gasteiger partial charge in [0.2, 0.25) is 0 Å². The Balaban J connectivity index is 1.68. The Kier molecular flexibility index (Phi) is 2.68. The Morgan fingerprint density at radius 2 is 2.00 bits per heavy atom. The van der Waals surface area contributed by atoms with E-state index in [9.17, 15) is 5.11 Å². The smallest absolute Gasteiger partial charge is 0.0944 e. The Labute approximate surface area is 127 Å². The molecular weight excluding hydrogens is 258 g/mol. The summed E-state index contributed by atoms with van der Waals surface area (Å²) in [5.74, 6) is 3.42. The molecule has 0 aromatic carbocycles. The van der Waals surface area contributed by atoms with Gasteiger partial charge in [-0.3, -0.25) is 0 Å². The maximum atomic E-state index is 10.3. The predicted octanol–water partition coefficient (Wildman–Crippen LogP) is 4.31. The highest BCUT2D eigenvalue weighted by molar-refractivity contribution is 5.30. The molecule has 21 heavy (non-hydrogen) atoms. The van der Waals surface area contributed by atoms with Crippen LogP contribution in [0.25, 0.3) is 0 Å². The van der Waals surface area contributed by atoms with Gasteiger partial charge in [-0.25, -0.2) is 0 Å². The van der Waals surface area contributed by atoms with Gasteiger partial charge in [-0.05, 0) is 73.3 Å². The topological polar surface area (TPSA) is 46.2 Å². The highest BCUT2D eigenvalue weighted by Gasteiger charge is 2.57. The van der Waals surface area contributed by atoms with Crippen molar-refractivity contribution in [3.8, 4) is 0 Å². The monoisotopic (exact) mass is 285 g/mol. The molecule has 0 heterocycles. The molecule has 4 rings (SSSR count). The molecule has 2 nitrogen and oxygen atoms in total. The summed E-state index contributed by atoms with van der Waals surface area (Å²) in [6, 6.07) is 0. The Morgan fingerprint density at radius 1 is 1.19 bits per heavy atom. The maximum absolute atomic E-state index is 10.3. The molecule has 0 saturated heterocycles. The first kappa shape index (κ1) is 13.5. The van der Waals surface area contributed by atoms with E-state index in [1.54, 1.807) is 0 Å². The SMILES string of the molecule is C[C@]12C=CC(N)=CC1CC[C@@H]1[C@@H]2CC[C@]2(C)C(O)=CC[C@@H]12. The second-order valence-corrected chi connectivity index (χ2v) is 8.21. The molecule has 114 valence electrons. The standard InChI is InChI=1S/C19H27NO/c1-18-9-7-13(20)11-12(18)3-4-14-15-5-6-17(21)19(15,2)10-8-16(14)18/h6-7,9,11-12,14-16,21H,3-5,8,10,20H2,1-2H3/t12?,14-,15-,16-,18-,19-/m0/s1. The minimum Gasteiger partial charge on any atom is -0.512 e. The summed E-state index contributed by atoms with van der Waals surface area (Å²) in [4.78, 5) is 0. The largest absolute Gasteiger partial charge is 0.512 e. The van der Waals surface area contributed by atoms with E-state index in [-0.39, 0.29) is 10.8 Å². The van der Waals surface area contributed by atoms with Gasteiger partial charge in [-0.1, -0.05) is 26.0 Å². The number of hydrogen-bond acceptors (Lipinski definition) is 2. The van der Waals surface area contributed by atoms with Crippen molar-refractivity contribution in [2.45, 2.75) is 46.0 Å². The summed E-state index contributed by atoms with van der Waals surface area (Å²) in [6.07, 6.45) is 14.9. The average Bonchev–Trinajstić information content (AvgIpc) is 2.76. The van der Waals surface area contributed by atoms with Crippen LogP contribution < -0.4 is 5.73 Å². The number of rotatable bonds is 0. The summed E-state index contributed by atoms with van der Waals surface area (Å²) in [5, 5.41) is 10.3. The normalized spacial score (nSPS) is 51.5. The molecule has 2 fully saturated rings. The molecule has 2 saturated carbocycles. The van der Waals surface area contributed by atoms with Gasteiger partial charge in [0.15, 0.2) is 0 Å². The van der Waals surface area contributed by atoms with Crippen LogP contribution >= 0.6 is 0 Å². The molecule has 0 amide bonds. The molecular formula is C19H27NO. The summed E-state index contributed by atoms with van der Waals surface area (Å²) in [5.41, 5.74) is 7.29. The lowest BCUT2D eigenvalue weighted by molar-refractivity contribution is -0.0569. The molecule has 0 bridgehead atoms. The van der Waals surface area contributed by atoms with Crippen molar-refractivity contribution in [3.63, 3.8) is 0 Å². The van der Waals surface area contributed by atoms with Gasteiger partial charge in [0.25, 0.3) is 0 Å². The number of aliphatic hydroxyl groups is 1. The van der Waals surface area contributed by atoms with Crippen molar-refractivity contribution >= 4 is 0 Å². The number of aliphatic hydroxyl groups excluding tert-OH is 1. The third-order valence-electron chi connectivity index (χ3n) is 7.41. The van der Waals surface area contributed by atoms with Crippen molar-refractivity contribution < 1.29 is 5.11 Å². The lowest BCUT2D eigenvalue weighted by Crippen LogP contribution is -2.51. The van der Waals surface area contributed by atoms with Gasteiger partial charge in [-0.2, -0.15) is 0 Å². The average molecular weight is 285 g/mol. The van der Waals surface area contributed by atoms with Crippen LogP contribution in [0.15, 0.2) is 35.8 Å². The summed E-state index contributed by atoms with van der Waals surface area (Å²) < 4.78 is 0. The molecule has 3 N–H and O–H groups in total.